The Bertz CT molecular complexity index is 632. The van der Waals surface area contributed by atoms with Gasteiger partial charge in [-0.05, 0) is 52.7 Å². The maximum atomic E-state index is 8.84. The van der Waals surface area contributed by atoms with Crippen molar-refractivity contribution in [1.82, 2.24) is 0 Å². The second kappa shape index (κ2) is 5.11. The lowest BCUT2D eigenvalue weighted by Crippen LogP contribution is -1.94. The molecule has 18 heavy (non-hydrogen) atoms. The third-order valence-corrected chi connectivity index (χ3v) is 3.23. The Labute approximate surface area is 114 Å². The van der Waals surface area contributed by atoms with E-state index < -0.39 is 0 Å². The summed E-state index contributed by atoms with van der Waals surface area (Å²) in [4.78, 5) is 0. The fourth-order valence-corrected chi connectivity index (χ4v) is 1.97. The number of benzene rings is 2. The molecule has 4 heteroatoms. The van der Waals surface area contributed by atoms with Crippen LogP contribution in [0.15, 0.2) is 40.9 Å². The van der Waals surface area contributed by atoms with Gasteiger partial charge in [-0.3, -0.25) is 0 Å². The minimum absolute atomic E-state index is 0.569. The number of nitrogens with two attached hydrogens (primary N) is 1. The molecule has 0 saturated carbocycles. The molecule has 0 unspecified atom stereocenters. The van der Waals surface area contributed by atoms with Crippen LogP contribution in [0.1, 0.15) is 11.1 Å². The van der Waals surface area contributed by atoms with Crippen molar-refractivity contribution in [3.63, 3.8) is 0 Å². The van der Waals surface area contributed by atoms with E-state index in [4.69, 9.17) is 15.7 Å². The zero-order valence-corrected chi connectivity index (χ0v) is 11.4. The standard InChI is InChI=1S/C14H11BrN2O/c1-9-3-2-4-13(14(9)17)18-11-6-5-10(8-16)12(15)7-11/h2-7H,17H2,1H3. The minimum Gasteiger partial charge on any atom is -0.455 e. The highest BCUT2D eigenvalue weighted by Crippen LogP contribution is 2.31. The summed E-state index contributed by atoms with van der Waals surface area (Å²) in [7, 11) is 0. The van der Waals surface area contributed by atoms with Crippen molar-refractivity contribution in [3.05, 3.63) is 52.0 Å². The summed E-state index contributed by atoms with van der Waals surface area (Å²) in [6, 6.07) is 12.9. The van der Waals surface area contributed by atoms with Gasteiger partial charge in [0.25, 0.3) is 0 Å². The Balaban J connectivity index is 2.32. The lowest BCUT2D eigenvalue weighted by Gasteiger charge is -2.10. The Morgan fingerprint density at radius 2 is 2.06 bits per heavy atom. The maximum Gasteiger partial charge on any atom is 0.150 e. The quantitative estimate of drug-likeness (QED) is 0.853. The van der Waals surface area contributed by atoms with Crippen LogP contribution in [0.3, 0.4) is 0 Å². The summed E-state index contributed by atoms with van der Waals surface area (Å²) in [6.07, 6.45) is 0. The molecule has 0 fully saturated rings. The van der Waals surface area contributed by atoms with E-state index in [1.165, 1.54) is 0 Å². The van der Waals surface area contributed by atoms with Gasteiger partial charge in [-0.2, -0.15) is 5.26 Å². The molecular formula is C14H11BrN2O. The topological polar surface area (TPSA) is 59.0 Å². The highest BCUT2D eigenvalue weighted by Gasteiger charge is 2.06. The third-order valence-electron chi connectivity index (χ3n) is 2.57. The van der Waals surface area contributed by atoms with Crippen LogP contribution in [-0.2, 0) is 0 Å². The number of halogens is 1. The number of hydrogen-bond donors (Lipinski definition) is 1. The molecule has 0 amide bonds. The molecule has 0 aliphatic heterocycles. The summed E-state index contributed by atoms with van der Waals surface area (Å²) in [5, 5.41) is 8.84. The van der Waals surface area contributed by atoms with Crippen LogP contribution in [0.4, 0.5) is 5.69 Å². The van der Waals surface area contributed by atoms with Gasteiger partial charge in [0.15, 0.2) is 5.75 Å². The van der Waals surface area contributed by atoms with Gasteiger partial charge in [-0.1, -0.05) is 12.1 Å². The van der Waals surface area contributed by atoms with Gasteiger partial charge in [-0.15, -0.1) is 0 Å². The summed E-state index contributed by atoms with van der Waals surface area (Å²) < 4.78 is 6.41. The molecule has 2 aromatic rings. The molecule has 2 aromatic carbocycles. The van der Waals surface area contributed by atoms with Gasteiger partial charge in [0, 0.05) is 4.47 Å². The van der Waals surface area contributed by atoms with Crippen LogP contribution in [-0.4, -0.2) is 0 Å². The highest BCUT2D eigenvalue weighted by molar-refractivity contribution is 9.10. The molecule has 0 heterocycles. The van der Waals surface area contributed by atoms with Crippen LogP contribution in [0, 0.1) is 18.3 Å². The predicted octanol–water partition coefficient (Wildman–Crippen LogP) is 4.00. The molecule has 0 saturated heterocycles. The molecule has 3 nitrogen and oxygen atoms in total. The van der Waals surface area contributed by atoms with E-state index in [1.807, 2.05) is 25.1 Å². The van der Waals surface area contributed by atoms with Crippen molar-refractivity contribution in [1.29, 1.82) is 5.26 Å². The predicted molar refractivity (Wildman–Crippen MR) is 74.5 cm³/mol. The number of nitriles is 1. The average Bonchev–Trinajstić information content (AvgIpc) is 2.35. The van der Waals surface area contributed by atoms with E-state index >= 15 is 0 Å². The molecule has 0 aliphatic rings. The number of para-hydroxylation sites is 1. The second-order valence-corrected chi connectivity index (χ2v) is 4.70. The lowest BCUT2D eigenvalue weighted by atomic mass is 10.2. The molecule has 90 valence electrons. The van der Waals surface area contributed by atoms with E-state index in [2.05, 4.69) is 22.0 Å². The number of aryl methyl sites for hydroxylation is 1. The molecule has 2 rings (SSSR count). The van der Waals surface area contributed by atoms with Crippen LogP contribution < -0.4 is 10.5 Å². The number of nitrogen functional groups attached to an aromatic ring is 1. The number of ether oxygens (including phenoxy) is 1. The largest absolute Gasteiger partial charge is 0.455 e. The molecule has 0 radical (unpaired) electrons. The van der Waals surface area contributed by atoms with Crippen LogP contribution in [0.5, 0.6) is 11.5 Å². The van der Waals surface area contributed by atoms with Crippen molar-refractivity contribution in [2.75, 3.05) is 5.73 Å². The second-order valence-electron chi connectivity index (χ2n) is 3.84. The van der Waals surface area contributed by atoms with Crippen LogP contribution >= 0.6 is 15.9 Å². The van der Waals surface area contributed by atoms with E-state index in [9.17, 15) is 0 Å². The normalized spacial score (nSPS) is 9.83. The monoisotopic (exact) mass is 302 g/mol. The first-order chi connectivity index (χ1) is 8.61. The Morgan fingerprint density at radius 3 is 2.72 bits per heavy atom. The SMILES string of the molecule is Cc1cccc(Oc2ccc(C#N)c(Br)c2)c1N. The van der Waals surface area contributed by atoms with Gasteiger partial charge in [0.1, 0.15) is 11.8 Å². The minimum atomic E-state index is 0.569. The molecule has 0 bridgehead atoms. The first-order valence-corrected chi connectivity index (χ1v) is 6.13. The Kier molecular flexibility index (Phi) is 3.54. The zero-order chi connectivity index (χ0) is 13.1. The summed E-state index contributed by atoms with van der Waals surface area (Å²) in [6.45, 7) is 1.93. The molecule has 0 aromatic heterocycles. The van der Waals surface area contributed by atoms with Crippen molar-refractivity contribution in [2.24, 2.45) is 0 Å². The first kappa shape index (κ1) is 12.5. The number of rotatable bonds is 2. The maximum absolute atomic E-state index is 8.84. The zero-order valence-electron chi connectivity index (χ0n) is 9.77. The van der Waals surface area contributed by atoms with E-state index in [1.54, 1.807) is 18.2 Å². The van der Waals surface area contributed by atoms with Gasteiger partial charge in [-0.25, -0.2) is 0 Å². The van der Waals surface area contributed by atoms with Crippen molar-refractivity contribution in [2.45, 2.75) is 6.92 Å². The smallest absolute Gasteiger partial charge is 0.150 e. The molecule has 2 N–H and O–H groups in total. The molecule has 0 spiro atoms. The fraction of sp³-hybridized carbons (Fsp3) is 0.0714. The summed E-state index contributed by atoms with van der Waals surface area (Å²) >= 11 is 3.32. The van der Waals surface area contributed by atoms with Gasteiger partial charge in [0.2, 0.25) is 0 Å². The Morgan fingerprint density at radius 1 is 1.28 bits per heavy atom. The third kappa shape index (κ3) is 2.47. The number of nitrogens with zero attached hydrogens (tertiary/aromatic N) is 1. The average molecular weight is 303 g/mol. The van der Waals surface area contributed by atoms with Crippen molar-refractivity contribution in [3.8, 4) is 17.6 Å². The number of hydrogen-bond acceptors (Lipinski definition) is 3. The van der Waals surface area contributed by atoms with Gasteiger partial charge >= 0.3 is 0 Å². The molecule has 0 aliphatic carbocycles. The van der Waals surface area contributed by atoms with E-state index in [-0.39, 0.29) is 0 Å². The van der Waals surface area contributed by atoms with Gasteiger partial charge < -0.3 is 10.5 Å². The lowest BCUT2D eigenvalue weighted by molar-refractivity contribution is 0.484. The van der Waals surface area contributed by atoms with E-state index in [0.717, 1.165) is 5.56 Å². The highest BCUT2D eigenvalue weighted by atomic mass is 79.9. The summed E-state index contributed by atoms with van der Waals surface area (Å²) in [5.41, 5.74) is 8.10. The van der Waals surface area contributed by atoms with Gasteiger partial charge in [0.05, 0.1) is 11.3 Å². The van der Waals surface area contributed by atoms with Crippen molar-refractivity contribution >= 4 is 21.6 Å². The number of anilines is 1. The molecule has 0 atom stereocenters. The first-order valence-electron chi connectivity index (χ1n) is 5.34. The molecular weight excluding hydrogens is 292 g/mol. The van der Waals surface area contributed by atoms with Crippen LogP contribution in [0.2, 0.25) is 0 Å². The van der Waals surface area contributed by atoms with Crippen LogP contribution in [0.25, 0.3) is 0 Å². The fourth-order valence-electron chi connectivity index (χ4n) is 1.52. The van der Waals surface area contributed by atoms with E-state index in [0.29, 0.717) is 27.2 Å². The summed E-state index contributed by atoms with van der Waals surface area (Å²) in [5.74, 6) is 1.25. The van der Waals surface area contributed by atoms with Crippen molar-refractivity contribution < 1.29 is 4.74 Å². The Hall–Kier alpha value is -1.99.